The Balaban J connectivity index is 1.58. The highest BCUT2D eigenvalue weighted by Gasteiger charge is 2.26. The molecule has 9 heteroatoms. The van der Waals surface area contributed by atoms with Crippen LogP contribution in [0.25, 0.3) is 10.9 Å². The van der Waals surface area contributed by atoms with E-state index >= 15 is 0 Å². The van der Waals surface area contributed by atoms with Crippen LogP contribution < -0.4 is 15.1 Å². The highest BCUT2D eigenvalue weighted by molar-refractivity contribution is 9.10. The van der Waals surface area contributed by atoms with Crippen LogP contribution in [0.15, 0.2) is 47.7 Å². The molecule has 3 heterocycles. The van der Waals surface area contributed by atoms with Crippen molar-refractivity contribution in [3.63, 3.8) is 0 Å². The minimum absolute atomic E-state index is 0.163. The van der Waals surface area contributed by atoms with Crippen molar-refractivity contribution in [3.05, 3.63) is 53.5 Å². The highest BCUT2D eigenvalue weighted by atomic mass is 79.9. The summed E-state index contributed by atoms with van der Waals surface area (Å²) in [6, 6.07) is 6.03. The summed E-state index contributed by atoms with van der Waals surface area (Å²) in [5.74, 6) is 2.06. The molecule has 154 valence electrons. The fourth-order valence-electron chi connectivity index (χ4n) is 3.57. The summed E-state index contributed by atoms with van der Waals surface area (Å²) < 4.78 is 0.851. The molecule has 0 spiro atoms. The number of benzene rings is 1. The number of carbonyl (C=O) groups is 1. The number of hydrogen-bond acceptors (Lipinski definition) is 7. The number of nitrogens with one attached hydrogen (secondary N) is 1. The molecule has 1 atom stereocenters. The lowest BCUT2D eigenvalue weighted by Crippen LogP contribution is -2.27. The zero-order chi connectivity index (χ0) is 21.3. The molecule has 1 N–H and O–H groups in total. The van der Waals surface area contributed by atoms with Crippen LogP contribution >= 0.6 is 15.9 Å². The first-order valence-corrected chi connectivity index (χ1v) is 10.4. The van der Waals surface area contributed by atoms with E-state index in [1.807, 2.05) is 25.1 Å². The van der Waals surface area contributed by atoms with Gasteiger partial charge in [-0.05, 0) is 53.5 Å². The Bertz CT molecular complexity index is 1100. The third kappa shape index (κ3) is 4.11. The van der Waals surface area contributed by atoms with Crippen LogP contribution in [0.3, 0.4) is 0 Å². The Kier molecular flexibility index (Phi) is 5.63. The second kappa shape index (κ2) is 8.35. The molecule has 0 aliphatic carbocycles. The Morgan fingerprint density at radius 2 is 2.10 bits per heavy atom. The molecule has 1 aliphatic rings. The van der Waals surface area contributed by atoms with Crippen LogP contribution in [-0.2, 0) is 4.79 Å². The first-order valence-electron chi connectivity index (χ1n) is 9.62. The van der Waals surface area contributed by atoms with Crippen molar-refractivity contribution in [1.29, 1.82) is 0 Å². The normalized spacial score (nSPS) is 16.0. The van der Waals surface area contributed by atoms with Gasteiger partial charge < -0.3 is 15.1 Å². The molecule has 0 bridgehead atoms. The molecule has 1 amide bonds. The molecular weight excluding hydrogens is 446 g/mol. The molecule has 0 saturated carbocycles. The maximum Gasteiger partial charge on any atom is 0.250 e. The van der Waals surface area contributed by atoms with E-state index in [1.54, 1.807) is 24.3 Å². The molecule has 0 radical (unpaired) electrons. The lowest BCUT2D eigenvalue weighted by molar-refractivity contribution is -0.113. The van der Waals surface area contributed by atoms with Gasteiger partial charge in [0.25, 0.3) is 0 Å². The van der Waals surface area contributed by atoms with Crippen LogP contribution in [0.5, 0.6) is 0 Å². The average Bonchev–Trinajstić information content (AvgIpc) is 3.21. The summed E-state index contributed by atoms with van der Waals surface area (Å²) in [6.45, 7) is 7.10. The SMILES string of the molecule is C=CC(=O)N(C)c1ccc2c(N3CC[C@@H](Nc4ncc(Br)cn4)C3)nc(C)nc2c1. The molecule has 1 aromatic carbocycles. The topological polar surface area (TPSA) is 87.1 Å². The Morgan fingerprint density at radius 3 is 2.83 bits per heavy atom. The van der Waals surface area contributed by atoms with E-state index in [-0.39, 0.29) is 11.9 Å². The molecular formula is C21H22BrN7O. The molecule has 0 unspecified atom stereocenters. The number of hydrogen-bond donors (Lipinski definition) is 1. The van der Waals surface area contributed by atoms with Crippen molar-refractivity contribution in [2.24, 2.45) is 0 Å². The summed E-state index contributed by atoms with van der Waals surface area (Å²) in [5, 5.41) is 4.35. The fraction of sp³-hybridized carbons (Fsp3) is 0.286. The number of halogens is 1. The first-order chi connectivity index (χ1) is 14.4. The van der Waals surface area contributed by atoms with Crippen molar-refractivity contribution >= 4 is 50.2 Å². The van der Waals surface area contributed by atoms with Gasteiger partial charge in [-0.1, -0.05) is 6.58 Å². The lowest BCUT2D eigenvalue weighted by Gasteiger charge is -2.21. The predicted octanol–water partition coefficient (Wildman–Crippen LogP) is 3.33. The van der Waals surface area contributed by atoms with E-state index in [4.69, 9.17) is 4.98 Å². The Hall–Kier alpha value is -3.07. The van der Waals surface area contributed by atoms with Gasteiger partial charge in [0, 0.05) is 49.6 Å². The number of anilines is 3. The minimum atomic E-state index is -0.163. The second-order valence-corrected chi connectivity index (χ2v) is 8.11. The van der Waals surface area contributed by atoms with Crippen LogP contribution in [-0.4, -0.2) is 52.0 Å². The van der Waals surface area contributed by atoms with E-state index in [0.29, 0.717) is 11.8 Å². The van der Waals surface area contributed by atoms with E-state index in [9.17, 15) is 4.79 Å². The quantitative estimate of drug-likeness (QED) is 0.575. The van der Waals surface area contributed by atoms with Crippen LogP contribution in [0, 0.1) is 6.92 Å². The van der Waals surface area contributed by atoms with Gasteiger partial charge in [0.05, 0.1) is 9.99 Å². The van der Waals surface area contributed by atoms with Gasteiger partial charge >= 0.3 is 0 Å². The van der Waals surface area contributed by atoms with Gasteiger partial charge in [0.1, 0.15) is 11.6 Å². The molecule has 8 nitrogen and oxygen atoms in total. The standard InChI is InChI=1S/C21H22BrN7O/c1-4-19(30)28(3)16-5-6-17-18(9-16)25-13(2)26-20(17)29-8-7-15(12-29)27-21-23-10-14(22)11-24-21/h4-6,9-11,15H,1,7-8,12H2,2-3H3,(H,23,24,27)/t15-/m1/s1. The number of amides is 1. The minimum Gasteiger partial charge on any atom is -0.354 e. The molecule has 4 rings (SSSR count). The predicted molar refractivity (Wildman–Crippen MR) is 122 cm³/mol. The van der Waals surface area contributed by atoms with Crippen LogP contribution in [0.2, 0.25) is 0 Å². The molecule has 2 aromatic heterocycles. The van der Waals surface area contributed by atoms with Crippen molar-refractivity contribution < 1.29 is 4.79 Å². The smallest absolute Gasteiger partial charge is 0.250 e. The van der Waals surface area contributed by atoms with Crippen molar-refractivity contribution in [2.75, 3.05) is 35.3 Å². The third-order valence-electron chi connectivity index (χ3n) is 5.11. The van der Waals surface area contributed by atoms with Gasteiger partial charge in [-0.25, -0.2) is 19.9 Å². The maximum atomic E-state index is 11.9. The zero-order valence-corrected chi connectivity index (χ0v) is 18.4. The van der Waals surface area contributed by atoms with Crippen LogP contribution in [0.4, 0.5) is 17.5 Å². The summed E-state index contributed by atoms with van der Waals surface area (Å²) >= 11 is 3.35. The molecule has 3 aromatic rings. The summed E-state index contributed by atoms with van der Waals surface area (Å²) in [7, 11) is 1.72. The third-order valence-corrected chi connectivity index (χ3v) is 5.52. The molecule has 1 aliphatic heterocycles. The van der Waals surface area contributed by atoms with Gasteiger partial charge in [0.15, 0.2) is 0 Å². The summed E-state index contributed by atoms with van der Waals surface area (Å²) in [4.78, 5) is 33.7. The van der Waals surface area contributed by atoms with E-state index in [1.165, 1.54) is 6.08 Å². The zero-order valence-electron chi connectivity index (χ0n) is 16.8. The number of aromatic nitrogens is 4. The van der Waals surface area contributed by atoms with Crippen molar-refractivity contribution in [3.8, 4) is 0 Å². The van der Waals surface area contributed by atoms with Gasteiger partial charge in [-0.3, -0.25) is 4.79 Å². The number of aryl methyl sites for hydroxylation is 1. The lowest BCUT2D eigenvalue weighted by atomic mass is 10.2. The maximum absolute atomic E-state index is 11.9. The van der Waals surface area contributed by atoms with Crippen molar-refractivity contribution in [1.82, 2.24) is 19.9 Å². The number of likely N-dealkylation sites (N-methyl/N-ethyl adjacent to an activating group) is 1. The van der Waals surface area contributed by atoms with Gasteiger partial charge in [0.2, 0.25) is 11.9 Å². The number of nitrogens with zero attached hydrogens (tertiary/aromatic N) is 6. The monoisotopic (exact) mass is 467 g/mol. The average molecular weight is 468 g/mol. The van der Waals surface area contributed by atoms with Crippen LogP contribution in [0.1, 0.15) is 12.2 Å². The molecule has 30 heavy (non-hydrogen) atoms. The highest BCUT2D eigenvalue weighted by Crippen LogP contribution is 2.30. The van der Waals surface area contributed by atoms with E-state index in [2.05, 4.69) is 47.7 Å². The fourth-order valence-corrected chi connectivity index (χ4v) is 3.77. The largest absolute Gasteiger partial charge is 0.354 e. The first kappa shape index (κ1) is 20.2. The Morgan fingerprint density at radius 1 is 1.33 bits per heavy atom. The van der Waals surface area contributed by atoms with E-state index < -0.39 is 0 Å². The number of rotatable bonds is 5. The molecule has 1 saturated heterocycles. The summed E-state index contributed by atoms with van der Waals surface area (Å²) in [6.07, 6.45) is 5.72. The molecule has 1 fully saturated rings. The number of carbonyl (C=O) groups excluding carboxylic acids is 1. The van der Waals surface area contributed by atoms with E-state index in [0.717, 1.165) is 46.4 Å². The van der Waals surface area contributed by atoms with Gasteiger partial charge in [-0.2, -0.15) is 0 Å². The van der Waals surface area contributed by atoms with Gasteiger partial charge in [-0.15, -0.1) is 0 Å². The summed E-state index contributed by atoms with van der Waals surface area (Å²) in [5.41, 5.74) is 1.58. The second-order valence-electron chi connectivity index (χ2n) is 7.20. The van der Waals surface area contributed by atoms with Crippen molar-refractivity contribution in [2.45, 2.75) is 19.4 Å². The number of fused-ring (bicyclic) bond motifs is 1. The Labute approximate surface area is 183 Å².